The molecule has 1 heterocycles. The lowest BCUT2D eigenvalue weighted by atomic mass is 10.1. The third-order valence-electron chi connectivity index (χ3n) is 2.74. The summed E-state index contributed by atoms with van der Waals surface area (Å²) in [4.78, 5) is 20.4. The van der Waals surface area contributed by atoms with E-state index in [9.17, 15) is 4.79 Å². The maximum absolute atomic E-state index is 12.0. The molecule has 0 bridgehead atoms. The van der Waals surface area contributed by atoms with Crippen molar-refractivity contribution in [3.63, 3.8) is 0 Å². The molecule has 0 radical (unpaired) electrons. The SMILES string of the molecule is N#CCCCCNC(=O)c1cccc2nccnc12. The number of carbonyl (C=O) groups is 1. The van der Waals surface area contributed by atoms with Gasteiger partial charge in [-0.3, -0.25) is 14.8 Å². The molecule has 2 rings (SSSR count). The number of nitriles is 1. The van der Waals surface area contributed by atoms with Gasteiger partial charge in [-0.1, -0.05) is 6.07 Å². The zero-order chi connectivity index (χ0) is 13.5. The number of carbonyl (C=O) groups excluding carboxylic acids is 1. The second kappa shape index (κ2) is 6.45. The maximum Gasteiger partial charge on any atom is 0.253 e. The summed E-state index contributed by atoms with van der Waals surface area (Å²) >= 11 is 0. The van der Waals surface area contributed by atoms with E-state index >= 15 is 0 Å². The molecule has 5 heteroatoms. The van der Waals surface area contributed by atoms with Crippen LogP contribution in [0.3, 0.4) is 0 Å². The Morgan fingerprint density at radius 1 is 1.26 bits per heavy atom. The Bertz CT molecular complexity index is 613. The van der Waals surface area contributed by atoms with Crippen LogP contribution in [0.4, 0.5) is 0 Å². The van der Waals surface area contributed by atoms with Crippen LogP contribution in [0.2, 0.25) is 0 Å². The van der Waals surface area contributed by atoms with Crippen molar-refractivity contribution in [2.75, 3.05) is 6.54 Å². The van der Waals surface area contributed by atoms with E-state index in [0.29, 0.717) is 29.6 Å². The molecule has 1 aromatic heterocycles. The number of amides is 1. The Morgan fingerprint density at radius 3 is 2.95 bits per heavy atom. The summed E-state index contributed by atoms with van der Waals surface area (Å²) < 4.78 is 0. The molecule has 0 spiro atoms. The Balaban J connectivity index is 2.03. The highest BCUT2D eigenvalue weighted by Gasteiger charge is 2.10. The van der Waals surface area contributed by atoms with Crippen molar-refractivity contribution in [1.82, 2.24) is 15.3 Å². The molecule has 0 unspecified atom stereocenters. The summed E-state index contributed by atoms with van der Waals surface area (Å²) in [6, 6.07) is 7.44. The molecule has 0 atom stereocenters. The largest absolute Gasteiger partial charge is 0.352 e. The first-order chi connectivity index (χ1) is 9.33. The number of nitrogens with one attached hydrogen (secondary N) is 1. The van der Waals surface area contributed by atoms with Gasteiger partial charge in [0, 0.05) is 25.4 Å². The lowest BCUT2D eigenvalue weighted by Crippen LogP contribution is -2.24. The lowest BCUT2D eigenvalue weighted by molar-refractivity contribution is 0.0954. The van der Waals surface area contributed by atoms with E-state index in [0.717, 1.165) is 12.8 Å². The van der Waals surface area contributed by atoms with Crippen molar-refractivity contribution < 1.29 is 4.79 Å². The zero-order valence-corrected chi connectivity index (χ0v) is 10.5. The fourth-order valence-electron chi connectivity index (χ4n) is 1.80. The molecule has 0 aliphatic heterocycles. The molecular weight excluding hydrogens is 240 g/mol. The third kappa shape index (κ3) is 3.26. The number of nitrogens with zero attached hydrogens (tertiary/aromatic N) is 3. The standard InChI is InChI=1S/C14H14N4O/c15-7-2-1-3-8-18-14(19)11-5-4-6-12-13(11)17-10-9-16-12/h4-6,9-10H,1-3,8H2,(H,18,19). The number of aromatic nitrogens is 2. The fourth-order valence-corrected chi connectivity index (χ4v) is 1.80. The van der Waals surface area contributed by atoms with Gasteiger partial charge < -0.3 is 5.32 Å². The first-order valence-corrected chi connectivity index (χ1v) is 6.18. The summed E-state index contributed by atoms with van der Waals surface area (Å²) in [5.41, 5.74) is 1.85. The maximum atomic E-state index is 12.0. The number of hydrogen-bond donors (Lipinski definition) is 1. The molecule has 0 saturated heterocycles. The van der Waals surface area contributed by atoms with Gasteiger partial charge in [0.25, 0.3) is 5.91 Å². The summed E-state index contributed by atoms with van der Waals surface area (Å²) in [5, 5.41) is 11.3. The molecule has 1 amide bonds. The van der Waals surface area contributed by atoms with Gasteiger partial charge in [-0.25, -0.2) is 0 Å². The van der Waals surface area contributed by atoms with Gasteiger partial charge in [0.1, 0.15) is 5.52 Å². The first-order valence-electron chi connectivity index (χ1n) is 6.18. The average molecular weight is 254 g/mol. The molecule has 0 saturated carbocycles. The van der Waals surface area contributed by atoms with Crippen molar-refractivity contribution in [2.45, 2.75) is 19.3 Å². The normalized spacial score (nSPS) is 10.1. The Hall–Kier alpha value is -2.48. The van der Waals surface area contributed by atoms with Gasteiger partial charge in [-0.05, 0) is 25.0 Å². The molecule has 1 aromatic carbocycles. The summed E-state index contributed by atoms with van der Waals surface area (Å²) in [6.45, 7) is 0.567. The van der Waals surface area contributed by atoms with Crippen LogP contribution in [-0.2, 0) is 0 Å². The molecule has 0 aliphatic carbocycles. The quantitative estimate of drug-likeness (QED) is 0.828. The highest BCUT2D eigenvalue weighted by molar-refractivity contribution is 6.04. The van der Waals surface area contributed by atoms with Crippen molar-refractivity contribution >= 4 is 16.9 Å². The van der Waals surface area contributed by atoms with E-state index in [1.807, 2.05) is 6.07 Å². The van der Waals surface area contributed by atoms with Crippen molar-refractivity contribution in [3.8, 4) is 6.07 Å². The monoisotopic (exact) mass is 254 g/mol. The van der Waals surface area contributed by atoms with Crippen LogP contribution in [0.1, 0.15) is 29.6 Å². The van der Waals surface area contributed by atoms with E-state index in [4.69, 9.17) is 5.26 Å². The van der Waals surface area contributed by atoms with Gasteiger partial charge in [-0.15, -0.1) is 0 Å². The van der Waals surface area contributed by atoms with Crippen LogP contribution < -0.4 is 5.32 Å². The van der Waals surface area contributed by atoms with Gasteiger partial charge >= 0.3 is 0 Å². The summed E-state index contributed by atoms with van der Waals surface area (Å²) in [5.74, 6) is -0.150. The number of para-hydroxylation sites is 1. The Kier molecular flexibility index (Phi) is 4.40. The van der Waals surface area contributed by atoms with E-state index in [-0.39, 0.29) is 5.91 Å². The molecule has 2 aromatic rings. The molecule has 0 fully saturated rings. The number of benzene rings is 1. The van der Waals surface area contributed by atoms with Crippen LogP contribution in [0.15, 0.2) is 30.6 Å². The fraction of sp³-hybridized carbons (Fsp3) is 0.286. The molecule has 1 N–H and O–H groups in total. The van der Waals surface area contributed by atoms with Gasteiger partial charge in [0.2, 0.25) is 0 Å². The third-order valence-corrected chi connectivity index (χ3v) is 2.74. The highest BCUT2D eigenvalue weighted by atomic mass is 16.1. The Morgan fingerprint density at radius 2 is 2.11 bits per heavy atom. The van der Waals surface area contributed by atoms with E-state index in [2.05, 4.69) is 21.4 Å². The van der Waals surface area contributed by atoms with Crippen molar-refractivity contribution in [3.05, 3.63) is 36.2 Å². The highest BCUT2D eigenvalue weighted by Crippen LogP contribution is 2.13. The minimum absolute atomic E-state index is 0.150. The van der Waals surface area contributed by atoms with Crippen LogP contribution in [0, 0.1) is 11.3 Å². The number of fused-ring (bicyclic) bond motifs is 1. The van der Waals surface area contributed by atoms with Crippen LogP contribution in [-0.4, -0.2) is 22.4 Å². The van der Waals surface area contributed by atoms with Crippen LogP contribution in [0.25, 0.3) is 11.0 Å². The minimum Gasteiger partial charge on any atom is -0.352 e. The second-order valence-electron chi connectivity index (χ2n) is 4.10. The van der Waals surface area contributed by atoms with Crippen molar-refractivity contribution in [1.29, 1.82) is 5.26 Å². The van der Waals surface area contributed by atoms with Crippen LogP contribution in [0.5, 0.6) is 0 Å². The smallest absolute Gasteiger partial charge is 0.253 e. The zero-order valence-electron chi connectivity index (χ0n) is 10.5. The Labute approximate surface area is 111 Å². The predicted octanol–water partition coefficient (Wildman–Crippen LogP) is 2.05. The molecule has 0 aliphatic rings. The summed E-state index contributed by atoms with van der Waals surface area (Å²) in [7, 11) is 0. The predicted molar refractivity (Wildman–Crippen MR) is 71.3 cm³/mol. The number of unbranched alkanes of at least 4 members (excludes halogenated alkanes) is 2. The van der Waals surface area contributed by atoms with Gasteiger partial charge in [0.05, 0.1) is 17.1 Å². The molecule has 19 heavy (non-hydrogen) atoms. The first kappa shape index (κ1) is 13.0. The van der Waals surface area contributed by atoms with Crippen LogP contribution >= 0.6 is 0 Å². The second-order valence-corrected chi connectivity index (χ2v) is 4.10. The van der Waals surface area contributed by atoms with Crippen molar-refractivity contribution in [2.24, 2.45) is 0 Å². The van der Waals surface area contributed by atoms with E-state index < -0.39 is 0 Å². The van der Waals surface area contributed by atoms with Gasteiger partial charge in [-0.2, -0.15) is 5.26 Å². The molecular formula is C14H14N4O. The minimum atomic E-state index is -0.150. The number of hydrogen-bond acceptors (Lipinski definition) is 4. The lowest BCUT2D eigenvalue weighted by Gasteiger charge is -2.06. The topological polar surface area (TPSA) is 78.7 Å². The van der Waals surface area contributed by atoms with Gasteiger partial charge in [0.15, 0.2) is 0 Å². The molecule has 96 valence electrons. The summed E-state index contributed by atoms with van der Waals surface area (Å²) in [6.07, 6.45) is 5.30. The number of rotatable bonds is 5. The molecule has 5 nitrogen and oxygen atoms in total. The van der Waals surface area contributed by atoms with E-state index in [1.165, 1.54) is 0 Å². The van der Waals surface area contributed by atoms with E-state index in [1.54, 1.807) is 24.5 Å². The average Bonchev–Trinajstić information content (AvgIpc) is 2.46.